The van der Waals surface area contributed by atoms with Gasteiger partial charge in [-0.1, -0.05) is 0 Å². The number of rotatable bonds is 5. The molecule has 1 aromatic rings. The molecule has 17 heavy (non-hydrogen) atoms. The van der Waals surface area contributed by atoms with Gasteiger partial charge >= 0.3 is 12.0 Å². The lowest BCUT2D eigenvalue weighted by molar-refractivity contribution is -0.136. The molecule has 1 aromatic heterocycles. The number of aromatic nitrogens is 1. The summed E-state index contributed by atoms with van der Waals surface area (Å²) < 4.78 is 0. The first-order valence-corrected chi connectivity index (χ1v) is 5.22. The number of carboxylic acid groups (broad SMARTS) is 1. The van der Waals surface area contributed by atoms with Crippen LogP contribution in [-0.4, -0.2) is 28.6 Å². The van der Waals surface area contributed by atoms with Crippen LogP contribution in [0.25, 0.3) is 0 Å². The molecule has 0 atom stereocenters. The quantitative estimate of drug-likeness (QED) is 0.701. The van der Waals surface area contributed by atoms with Crippen molar-refractivity contribution in [1.82, 2.24) is 15.6 Å². The number of aliphatic carboxylic acids is 1. The third-order valence-corrected chi connectivity index (χ3v) is 2.21. The highest BCUT2D eigenvalue weighted by Crippen LogP contribution is 2.03. The molecule has 0 aliphatic rings. The molecule has 6 nitrogen and oxygen atoms in total. The van der Waals surface area contributed by atoms with Crippen LogP contribution in [0, 0.1) is 6.92 Å². The van der Waals surface area contributed by atoms with E-state index in [1.165, 1.54) is 0 Å². The van der Waals surface area contributed by atoms with Crippen LogP contribution in [0.1, 0.15) is 17.5 Å². The molecule has 3 N–H and O–H groups in total. The molecule has 0 saturated carbocycles. The largest absolute Gasteiger partial charge is 0.481 e. The monoisotopic (exact) mass is 237 g/mol. The van der Waals surface area contributed by atoms with Crippen LogP contribution in [0.15, 0.2) is 18.5 Å². The van der Waals surface area contributed by atoms with E-state index in [2.05, 4.69) is 15.6 Å². The van der Waals surface area contributed by atoms with Gasteiger partial charge in [-0.3, -0.25) is 9.78 Å². The number of carbonyl (C=O) groups is 2. The number of amides is 2. The van der Waals surface area contributed by atoms with Gasteiger partial charge in [-0.25, -0.2) is 4.79 Å². The molecule has 0 radical (unpaired) electrons. The summed E-state index contributed by atoms with van der Waals surface area (Å²) in [7, 11) is 0. The van der Waals surface area contributed by atoms with Gasteiger partial charge in [0.25, 0.3) is 0 Å². The second-order valence-electron chi connectivity index (χ2n) is 3.56. The Morgan fingerprint density at radius 3 is 2.82 bits per heavy atom. The Morgan fingerprint density at radius 1 is 1.41 bits per heavy atom. The second kappa shape index (κ2) is 6.47. The first-order chi connectivity index (χ1) is 8.09. The number of aryl methyl sites for hydroxylation is 1. The van der Waals surface area contributed by atoms with Crippen LogP contribution in [0.2, 0.25) is 0 Å². The summed E-state index contributed by atoms with van der Waals surface area (Å²) in [5.74, 6) is -0.937. The number of nitrogens with one attached hydrogen (secondary N) is 2. The fraction of sp³-hybridized carbons (Fsp3) is 0.364. The molecule has 92 valence electrons. The zero-order valence-electron chi connectivity index (χ0n) is 9.56. The van der Waals surface area contributed by atoms with Crippen molar-refractivity contribution in [3.63, 3.8) is 0 Å². The Labute approximate surface area is 99.1 Å². The van der Waals surface area contributed by atoms with Gasteiger partial charge in [0.15, 0.2) is 0 Å². The zero-order valence-corrected chi connectivity index (χ0v) is 9.56. The third kappa shape index (κ3) is 4.96. The smallest absolute Gasteiger partial charge is 0.315 e. The molecular formula is C11H15N3O3. The molecule has 1 rings (SSSR count). The molecule has 0 aliphatic heterocycles. The molecule has 0 aliphatic carbocycles. The molecule has 2 amide bonds. The van der Waals surface area contributed by atoms with Gasteiger partial charge in [0.05, 0.1) is 6.42 Å². The average molecular weight is 237 g/mol. The first-order valence-electron chi connectivity index (χ1n) is 5.22. The van der Waals surface area contributed by atoms with E-state index in [0.717, 1.165) is 11.1 Å². The van der Waals surface area contributed by atoms with E-state index in [1.54, 1.807) is 12.4 Å². The number of nitrogens with zero attached hydrogens (tertiary/aromatic N) is 1. The SMILES string of the molecule is Cc1ccncc1CNC(=O)NCCC(=O)O. The number of hydrogen-bond acceptors (Lipinski definition) is 3. The molecule has 0 bridgehead atoms. The Balaban J connectivity index is 2.29. The second-order valence-corrected chi connectivity index (χ2v) is 3.56. The van der Waals surface area contributed by atoms with Crippen LogP contribution in [0.5, 0.6) is 0 Å². The van der Waals surface area contributed by atoms with Crippen LogP contribution in [-0.2, 0) is 11.3 Å². The number of carbonyl (C=O) groups excluding carboxylic acids is 1. The highest BCUT2D eigenvalue weighted by molar-refractivity contribution is 5.74. The van der Waals surface area contributed by atoms with Crippen LogP contribution in [0.4, 0.5) is 4.79 Å². The molecule has 0 spiro atoms. The van der Waals surface area contributed by atoms with Crippen molar-refractivity contribution < 1.29 is 14.7 Å². The number of pyridine rings is 1. The maximum atomic E-state index is 11.3. The van der Waals surface area contributed by atoms with Gasteiger partial charge in [0.1, 0.15) is 0 Å². The zero-order chi connectivity index (χ0) is 12.7. The topological polar surface area (TPSA) is 91.3 Å². The van der Waals surface area contributed by atoms with Crippen molar-refractivity contribution in [3.8, 4) is 0 Å². The highest BCUT2D eigenvalue weighted by atomic mass is 16.4. The van der Waals surface area contributed by atoms with Crippen molar-refractivity contribution in [2.75, 3.05) is 6.54 Å². The first kappa shape index (κ1) is 13.0. The summed E-state index contributed by atoms with van der Waals surface area (Å²) >= 11 is 0. The predicted octanol–water partition coefficient (Wildman–Crippen LogP) is 0.664. The van der Waals surface area contributed by atoms with E-state index >= 15 is 0 Å². The Hall–Kier alpha value is -2.11. The molecule has 6 heteroatoms. The lowest BCUT2D eigenvalue weighted by Gasteiger charge is -2.08. The number of urea groups is 1. The fourth-order valence-corrected chi connectivity index (χ4v) is 1.20. The summed E-state index contributed by atoms with van der Waals surface area (Å²) in [5.41, 5.74) is 1.98. The maximum absolute atomic E-state index is 11.3. The minimum atomic E-state index is -0.937. The van der Waals surface area contributed by atoms with Crippen molar-refractivity contribution >= 4 is 12.0 Å². The van der Waals surface area contributed by atoms with Crippen molar-refractivity contribution in [2.45, 2.75) is 19.9 Å². The lowest BCUT2D eigenvalue weighted by atomic mass is 10.2. The van der Waals surface area contributed by atoms with Crippen molar-refractivity contribution in [1.29, 1.82) is 0 Å². The Morgan fingerprint density at radius 2 is 2.18 bits per heavy atom. The molecule has 1 heterocycles. The van der Waals surface area contributed by atoms with E-state index in [-0.39, 0.29) is 19.0 Å². The summed E-state index contributed by atoms with van der Waals surface area (Å²) in [6.45, 7) is 2.42. The van der Waals surface area contributed by atoms with Gasteiger partial charge < -0.3 is 15.7 Å². The van der Waals surface area contributed by atoms with Gasteiger partial charge in [-0.05, 0) is 24.1 Å². The van der Waals surface area contributed by atoms with Crippen LogP contribution >= 0.6 is 0 Å². The number of carboxylic acids is 1. The van der Waals surface area contributed by atoms with Crippen molar-refractivity contribution in [3.05, 3.63) is 29.6 Å². The van der Waals surface area contributed by atoms with Gasteiger partial charge in [-0.2, -0.15) is 0 Å². The van der Waals surface area contributed by atoms with Gasteiger partial charge in [-0.15, -0.1) is 0 Å². The third-order valence-electron chi connectivity index (χ3n) is 2.21. The summed E-state index contributed by atoms with van der Waals surface area (Å²) in [6, 6.07) is 1.48. The fourth-order valence-electron chi connectivity index (χ4n) is 1.20. The normalized spacial score (nSPS) is 9.71. The molecule has 0 unspecified atom stereocenters. The Kier molecular flexibility index (Phi) is 4.93. The lowest BCUT2D eigenvalue weighted by Crippen LogP contribution is -2.36. The van der Waals surface area contributed by atoms with Gasteiger partial charge in [0, 0.05) is 25.5 Å². The Bertz CT molecular complexity index is 407. The summed E-state index contributed by atoms with van der Waals surface area (Å²) in [5, 5.41) is 13.5. The van der Waals surface area contributed by atoms with Crippen molar-refractivity contribution in [2.24, 2.45) is 0 Å². The van der Waals surface area contributed by atoms with E-state index < -0.39 is 5.97 Å². The maximum Gasteiger partial charge on any atom is 0.315 e. The van der Waals surface area contributed by atoms with E-state index in [0.29, 0.717) is 6.54 Å². The van der Waals surface area contributed by atoms with E-state index in [1.807, 2.05) is 13.0 Å². The molecule has 0 saturated heterocycles. The number of hydrogen-bond donors (Lipinski definition) is 3. The van der Waals surface area contributed by atoms with Crippen LogP contribution in [0.3, 0.4) is 0 Å². The minimum Gasteiger partial charge on any atom is -0.481 e. The van der Waals surface area contributed by atoms with E-state index in [9.17, 15) is 9.59 Å². The summed E-state index contributed by atoms with van der Waals surface area (Å²) in [6.07, 6.45) is 3.29. The predicted molar refractivity (Wildman–Crippen MR) is 61.5 cm³/mol. The average Bonchev–Trinajstić information content (AvgIpc) is 2.27. The van der Waals surface area contributed by atoms with Crippen LogP contribution < -0.4 is 10.6 Å². The molecular weight excluding hydrogens is 222 g/mol. The minimum absolute atomic E-state index is 0.0840. The standard InChI is InChI=1S/C11H15N3O3/c1-8-2-4-12-6-9(8)7-14-11(17)13-5-3-10(15)16/h2,4,6H,3,5,7H2,1H3,(H,15,16)(H2,13,14,17). The van der Waals surface area contributed by atoms with Gasteiger partial charge in [0.2, 0.25) is 0 Å². The molecule has 0 fully saturated rings. The molecule has 0 aromatic carbocycles. The van der Waals surface area contributed by atoms with E-state index in [4.69, 9.17) is 5.11 Å². The summed E-state index contributed by atoms with van der Waals surface area (Å²) in [4.78, 5) is 25.5. The highest BCUT2D eigenvalue weighted by Gasteiger charge is 2.03.